The number of benzene rings is 1. The zero-order valence-corrected chi connectivity index (χ0v) is 15.6. The van der Waals surface area contributed by atoms with Gasteiger partial charge in [0.05, 0.1) is 24.0 Å². The number of ketones is 1. The monoisotopic (exact) mass is 362 g/mol. The van der Waals surface area contributed by atoms with Gasteiger partial charge in [-0.1, -0.05) is 32.9 Å². The van der Waals surface area contributed by atoms with Crippen molar-refractivity contribution in [2.24, 2.45) is 10.4 Å². The van der Waals surface area contributed by atoms with Crippen molar-refractivity contribution in [1.29, 1.82) is 0 Å². The van der Waals surface area contributed by atoms with Gasteiger partial charge in [0.15, 0.2) is 17.4 Å². The molecule has 7 heteroatoms. The van der Waals surface area contributed by atoms with Crippen LogP contribution in [0.2, 0.25) is 0 Å². The van der Waals surface area contributed by atoms with E-state index in [1.165, 1.54) is 0 Å². The van der Waals surface area contributed by atoms with Gasteiger partial charge in [0.1, 0.15) is 5.52 Å². The fourth-order valence-electron chi connectivity index (χ4n) is 2.98. The number of hydrogen-bond acceptors (Lipinski definition) is 6. The summed E-state index contributed by atoms with van der Waals surface area (Å²) < 4.78 is 0. The number of nitrogens with zero attached hydrogens (tertiary/aromatic N) is 3. The van der Waals surface area contributed by atoms with Gasteiger partial charge >= 0.3 is 0 Å². The Morgan fingerprint density at radius 1 is 1.26 bits per heavy atom. The van der Waals surface area contributed by atoms with Crippen molar-refractivity contribution in [3.8, 4) is 11.3 Å². The highest BCUT2D eigenvalue weighted by atomic mass is 16.1. The minimum Gasteiger partial charge on any atom is -0.354 e. The second-order valence-corrected chi connectivity index (χ2v) is 7.60. The third kappa shape index (κ3) is 3.40. The fourth-order valence-corrected chi connectivity index (χ4v) is 2.98. The largest absolute Gasteiger partial charge is 0.354 e. The number of nitrogens with one attached hydrogen (secondary N) is 3. The van der Waals surface area contributed by atoms with E-state index in [0.29, 0.717) is 16.7 Å². The van der Waals surface area contributed by atoms with E-state index in [1.807, 2.05) is 45.0 Å². The number of carbonyl (C=O) groups is 1. The van der Waals surface area contributed by atoms with Crippen LogP contribution in [0.1, 0.15) is 31.1 Å². The van der Waals surface area contributed by atoms with Crippen molar-refractivity contribution in [2.45, 2.75) is 20.8 Å². The maximum atomic E-state index is 12.7. The molecule has 1 aliphatic heterocycles. The van der Waals surface area contributed by atoms with Crippen LogP contribution < -0.4 is 10.6 Å². The quantitative estimate of drug-likeness (QED) is 0.622. The van der Waals surface area contributed by atoms with Gasteiger partial charge in [0.25, 0.3) is 0 Å². The predicted octanol–water partition coefficient (Wildman–Crippen LogP) is 3.22. The van der Waals surface area contributed by atoms with Crippen LogP contribution in [0.3, 0.4) is 0 Å². The third-order valence-corrected chi connectivity index (χ3v) is 4.40. The normalized spacial score (nSPS) is 14.1. The first-order valence-electron chi connectivity index (χ1n) is 8.96. The molecule has 27 heavy (non-hydrogen) atoms. The molecule has 0 atom stereocenters. The van der Waals surface area contributed by atoms with Crippen molar-refractivity contribution in [2.75, 3.05) is 18.4 Å². The summed E-state index contributed by atoms with van der Waals surface area (Å²) in [6.07, 6.45) is 3.42. The van der Waals surface area contributed by atoms with Gasteiger partial charge in [-0.25, -0.2) is 9.97 Å². The van der Waals surface area contributed by atoms with E-state index in [9.17, 15) is 4.79 Å². The number of anilines is 1. The van der Waals surface area contributed by atoms with Crippen LogP contribution in [0.15, 0.2) is 41.7 Å². The number of guanidine groups is 1. The van der Waals surface area contributed by atoms with Crippen LogP contribution in [0.5, 0.6) is 0 Å². The topological polar surface area (TPSA) is 95.1 Å². The summed E-state index contributed by atoms with van der Waals surface area (Å²) in [5, 5.41) is 6.45. The maximum absolute atomic E-state index is 12.7. The average Bonchev–Trinajstić information content (AvgIpc) is 3.29. The van der Waals surface area contributed by atoms with Gasteiger partial charge in [-0.3, -0.25) is 9.79 Å². The first-order chi connectivity index (χ1) is 12.9. The molecule has 1 aliphatic rings. The summed E-state index contributed by atoms with van der Waals surface area (Å²) in [7, 11) is 0. The van der Waals surface area contributed by atoms with E-state index in [0.717, 1.165) is 36.0 Å². The van der Waals surface area contributed by atoms with Gasteiger partial charge in [-0.05, 0) is 12.1 Å². The number of aromatic nitrogens is 3. The number of Topliss-reactive ketones (excluding diaryl/α,β-unsaturated/α-hetero) is 1. The van der Waals surface area contributed by atoms with E-state index in [4.69, 9.17) is 4.98 Å². The Morgan fingerprint density at radius 3 is 2.85 bits per heavy atom. The number of hydrogen-bond donors (Lipinski definition) is 3. The molecular weight excluding hydrogens is 340 g/mol. The molecule has 0 bridgehead atoms. The zero-order chi connectivity index (χ0) is 19.0. The number of aliphatic imine (C=N–C) groups is 1. The molecule has 0 unspecified atom stereocenters. The molecule has 0 fully saturated rings. The molecule has 138 valence electrons. The Morgan fingerprint density at radius 2 is 2.11 bits per heavy atom. The van der Waals surface area contributed by atoms with Crippen molar-refractivity contribution < 1.29 is 4.79 Å². The lowest BCUT2D eigenvalue weighted by molar-refractivity contribution is 0.0860. The molecule has 3 aromatic rings. The number of carbonyl (C=O) groups excluding carboxylic acids is 1. The fraction of sp³-hybridized carbons (Fsp3) is 0.300. The maximum Gasteiger partial charge on any atom is 0.195 e. The van der Waals surface area contributed by atoms with Crippen molar-refractivity contribution in [1.82, 2.24) is 20.3 Å². The lowest BCUT2D eigenvalue weighted by atomic mass is 9.87. The lowest BCUT2D eigenvalue weighted by Gasteiger charge is -2.15. The van der Waals surface area contributed by atoms with E-state index >= 15 is 0 Å². The molecule has 4 rings (SSSR count). The van der Waals surface area contributed by atoms with Crippen LogP contribution in [-0.2, 0) is 0 Å². The van der Waals surface area contributed by atoms with Gasteiger partial charge in [-0.15, -0.1) is 0 Å². The summed E-state index contributed by atoms with van der Waals surface area (Å²) >= 11 is 0. The lowest BCUT2D eigenvalue weighted by Crippen LogP contribution is -2.26. The molecule has 0 saturated carbocycles. The molecule has 0 spiro atoms. The Balaban J connectivity index is 1.71. The van der Waals surface area contributed by atoms with Crippen LogP contribution >= 0.6 is 0 Å². The molecule has 1 aromatic carbocycles. The van der Waals surface area contributed by atoms with Crippen molar-refractivity contribution >= 4 is 28.6 Å². The second-order valence-electron chi connectivity index (χ2n) is 7.60. The Bertz CT molecular complexity index is 1040. The first kappa shape index (κ1) is 17.2. The van der Waals surface area contributed by atoms with Crippen LogP contribution in [0, 0.1) is 5.41 Å². The van der Waals surface area contributed by atoms with Crippen LogP contribution in [0.4, 0.5) is 5.69 Å². The average molecular weight is 362 g/mol. The van der Waals surface area contributed by atoms with Gasteiger partial charge < -0.3 is 15.6 Å². The molecule has 0 aliphatic carbocycles. The molecular formula is C20H22N6O. The Hall–Kier alpha value is -3.22. The highest BCUT2D eigenvalue weighted by Gasteiger charge is 2.26. The molecule has 0 saturated heterocycles. The summed E-state index contributed by atoms with van der Waals surface area (Å²) in [6, 6.07) is 7.90. The summed E-state index contributed by atoms with van der Waals surface area (Å²) in [4.78, 5) is 29.3. The number of fused-ring (bicyclic) bond motifs is 1. The van der Waals surface area contributed by atoms with Crippen molar-refractivity contribution in [3.63, 3.8) is 0 Å². The van der Waals surface area contributed by atoms with Crippen molar-refractivity contribution in [3.05, 3.63) is 42.2 Å². The summed E-state index contributed by atoms with van der Waals surface area (Å²) in [5.41, 5.74) is 3.87. The van der Waals surface area contributed by atoms with E-state index in [-0.39, 0.29) is 5.78 Å². The molecule has 3 N–H and O–H groups in total. The highest BCUT2D eigenvalue weighted by molar-refractivity contribution is 6.08. The molecule has 3 heterocycles. The predicted molar refractivity (Wildman–Crippen MR) is 107 cm³/mol. The van der Waals surface area contributed by atoms with E-state index in [1.54, 1.807) is 12.4 Å². The first-order valence-corrected chi connectivity index (χ1v) is 8.96. The van der Waals surface area contributed by atoms with Gasteiger partial charge in [0.2, 0.25) is 0 Å². The zero-order valence-electron chi connectivity index (χ0n) is 15.6. The number of rotatable bonds is 3. The highest BCUT2D eigenvalue weighted by Crippen LogP contribution is 2.27. The number of aromatic amines is 1. The van der Waals surface area contributed by atoms with E-state index < -0.39 is 5.41 Å². The SMILES string of the molecule is CC(C)(C)C(=O)c1c[nH]c2ncc(-c3cccc(NC4=NCCN4)c3)nc12. The van der Waals surface area contributed by atoms with Gasteiger partial charge in [-0.2, -0.15) is 0 Å². The molecule has 7 nitrogen and oxygen atoms in total. The molecule has 2 aromatic heterocycles. The number of H-pyrrole nitrogens is 1. The van der Waals surface area contributed by atoms with E-state index in [2.05, 4.69) is 25.6 Å². The Kier molecular flexibility index (Phi) is 4.14. The summed E-state index contributed by atoms with van der Waals surface area (Å²) in [6.45, 7) is 7.34. The summed E-state index contributed by atoms with van der Waals surface area (Å²) in [5.74, 6) is 0.818. The standard InChI is InChI=1S/C20H22N6O/c1-20(2,3)17(27)14-10-23-18-16(14)26-15(11-24-18)12-5-4-6-13(9-12)25-19-21-7-8-22-19/h4-6,9-11H,7-8H2,1-3H3,(H,23,24)(H2,21,22,25). The molecule has 0 radical (unpaired) electrons. The third-order valence-electron chi connectivity index (χ3n) is 4.40. The Labute approximate surface area is 157 Å². The smallest absolute Gasteiger partial charge is 0.195 e. The minimum atomic E-state index is -0.481. The minimum absolute atomic E-state index is 0.0425. The second kappa shape index (κ2) is 6.50. The van der Waals surface area contributed by atoms with Gasteiger partial charge in [0, 0.05) is 29.4 Å². The molecule has 0 amide bonds. The van der Waals surface area contributed by atoms with Crippen LogP contribution in [-0.4, -0.2) is 39.8 Å². The van der Waals surface area contributed by atoms with Crippen LogP contribution in [0.25, 0.3) is 22.4 Å².